The molecule has 112 valence electrons. The number of esters is 1. The lowest BCUT2D eigenvalue weighted by molar-refractivity contribution is 0.0521. The molecule has 0 saturated carbocycles. The number of carbonyl (C=O) groups excluding carboxylic acids is 1. The molecule has 0 aliphatic heterocycles. The Morgan fingerprint density at radius 2 is 1.86 bits per heavy atom. The van der Waals surface area contributed by atoms with Crippen molar-refractivity contribution in [2.24, 2.45) is 0 Å². The highest BCUT2D eigenvalue weighted by atomic mass is 19.2. The molecule has 9 heteroatoms. The highest BCUT2D eigenvalue weighted by Gasteiger charge is 2.25. The predicted molar refractivity (Wildman–Crippen MR) is 63.8 cm³/mol. The number of halogens is 4. The lowest BCUT2D eigenvalue weighted by Gasteiger charge is -2.09. The summed E-state index contributed by atoms with van der Waals surface area (Å²) in [6, 6.07) is 0.0630. The molecule has 21 heavy (non-hydrogen) atoms. The van der Waals surface area contributed by atoms with Gasteiger partial charge in [0.25, 0.3) is 0 Å². The van der Waals surface area contributed by atoms with E-state index in [9.17, 15) is 22.4 Å². The molecular formula is C12H9F4N3O2. The van der Waals surface area contributed by atoms with E-state index in [0.717, 1.165) is 6.33 Å². The molecule has 0 aliphatic rings. The van der Waals surface area contributed by atoms with E-state index < -0.39 is 46.4 Å². The summed E-state index contributed by atoms with van der Waals surface area (Å²) in [4.78, 5) is 15.0. The molecule has 0 unspecified atom stereocenters. The van der Waals surface area contributed by atoms with Gasteiger partial charge in [0.05, 0.1) is 6.61 Å². The first-order valence-electron chi connectivity index (χ1n) is 5.71. The van der Waals surface area contributed by atoms with Crippen molar-refractivity contribution in [2.45, 2.75) is 6.92 Å². The Balaban J connectivity index is 2.62. The second-order valence-corrected chi connectivity index (χ2v) is 3.89. The zero-order valence-electron chi connectivity index (χ0n) is 10.7. The molecule has 0 fully saturated rings. The van der Waals surface area contributed by atoms with Gasteiger partial charge in [0, 0.05) is 6.07 Å². The maximum atomic E-state index is 13.7. The molecule has 2 N–H and O–H groups in total. The standard InChI is InChI=1S/C12H9F4N3O2/c1-2-21-12(20)9-11(17)19(4-18-9)10-7(15)5(13)3-6(14)8(10)16/h3-4H,2,17H2,1H3. The van der Waals surface area contributed by atoms with Crippen molar-refractivity contribution in [2.75, 3.05) is 12.3 Å². The Bertz CT molecular complexity index is 689. The van der Waals surface area contributed by atoms with E-state index in [-0.39, 0.29) is 12.7 Å². The molecule has 1 heterocycles. The molecule has 0 radical (unpaired) electrons. The lowest BCUT2D eigenvalue weighted by Crippen LogP contribution is -2.11. The van der Waals surface area contributed by atoms with E-state index in [1.165, 1.54) is 6.92 Å². The minimum absolute atomic E-state index is 0.0302. The monoisotopic (exact) mass is 303 g/mol. The lowest BCUT2D eigenvalue weighted by atomic mass is 10.2. The van der Waals surface area contributed by atoms with Crippen LogP contribution in [0.3, 0.4) is 0 Å². The summed E-state index contributed by atoms with van der Waals surface area (Å²) >= 11 is 0. The summed E-state index contributed by atoms with van der Waals surface area (Å²) in [5, 5.41) is 0. The van der Waals surface area contributed by atoms with Crippen LogP contribution in [0.4, 0.5) is 23.4 Å². The third kappa shape index (κ3) is 2.41. The molecule has 0 atom stereocenters. The van der Waals surface area contributed by atoms with Crippen molar-refractivity contribution >= 4 is 11.8 Å². The molecular weight excluding hydrogens is 294 g/mol. The molecule has 2 aromatic rings. The number of aromatic nitrogens is 2. The number of hydrogen-bond donors (Lipinski definition) is 1. The zero-order valence-corrected chi connectivity index (χ0v) is 10.7. The number of nitrogen functional groups attached to an aromatic ring is 1. The van der Waals surface area contributed by atoms with Gasteiger partial charge < -0.3 is 10.5 Å². The number of nitrogens with two attached hydrogens (primary N) is 1. The molecule has 1 aromatic carbocycles. The van der Waals surface area contributed by atoms with Gasteiger partial charge in [-0.15, -0.1) is 0 Å². The summed E-state index contributed by atoms with van der Waals surface area (Å²) in [7, 11) is 0. The van der Waals surface area contributed by atoms with Gasteiger partial charge in [-0.1, -0.05) is 0 Å². The smallest absolute Gasteiger partial charge is 0.360 e. The van der Waals surface area contributed by atoms with Crippen molar-refractivity contribution in [1.29, 1.82) is 0 Å². The normalized spacial score (nSPS) is 10.7. The van der Waals surface area contributed by atoms with Crippen molar-refractivity contribution in [1.82, 2.24) is 9.55 Å². The number of imidazole rings is 1. The van der Waals surface area contributed by atoms with Crippen LogP contribution in [-0.4, -0.2) is 22.1 Å². The van der Waals surface area contributed by atoms with Crippen LogP contribution in [0, 0.1) is 23.3 Å². The van der Waals surface area contributed by atoms with Gasteiger partial charge >= 0.3 is 5.97 Å². The third-order valence-electron chi connectivity index (χ3n) is 2.60. The van der Waals surface area contributed by atoms with Gasteiger partial charge in [0.1, 0.15) is 17.8 Å². The Hall–Kier alpha value is -2.58. The number of anilines is 1. The SMILES string of the molecule is CCOC(=O)c1ncn(-c2c(F)c(F)cc(F)c2F)c1N. The van der Waals surface area contributed by atoms with Crippen molar-refractivity contribution in [3.63, 3.8) is 0 Å². The number of nitrogens with zero attached hydrogens (tertiary/aromatic N) is 2. The first-order chi connectivity index (χ1) is 9.88. The zero-order chi connectivity index (χ0) is 15.7. The van der Waals surface area contributed by atoms with Crippen molar-refractivity contribution in [3.05, 3.63) is 41.4 Å². The topological polar surface area (TPSA) is 70.1 Å². The number of carbonyl (C=O) groups is 1. The van der Waals surface area contributed by atoms with Gasteiger partial charge in [0.15, 0.2) is 29.0 Å². The highest BCUT2D eigenvalue weighted by Crippen LogP contribution is 2.26. The molecule has 2 rings (SSSR count). The first kappa shape index (κ1) is 14.8. The second-order valence-electron chi connectivity index (χ2n) is 3.89. The fourth-order valence-corrected chi connectivity index (χ4v) is 1.66. The summed E-state index contributed by atoms with van der Waals surface area (Å²) in [6.07, 6.45) is 0.766. The van der Waals surface area contributed by atoms with Crippen LogP contribution >= 0.6 is 0 Å². The van der Waals surface area contributed by atoms with Crippen LogP contribution in [0.2, 0.25) is 0 Å². The van der Waals surface area contributed by atoms with Crippen molar-refractivity contribution < 1.29 is 27.1 Å². The average Bonchev–Trinajstić information content (AvgIpc) is 2.79. The summed E-state index contributed by atoms with van der Waals surface area (Å²) in [6.45, 7) is 1.56. The third-order valence-corrected chi connectivity index (χ3v) is 2.60. The Morgan fingerprint density at radius 3 is 2.38 bits per heavy atom. The number of hydrogen-bond acceptors (Lipinski definition) is 4. The maximum absolute atomic E-state index is 13.7. The van der Waals surface area contributed by atoms with E-state index >= 15 is 0 Å². The minimum atomic E-state index is -1.66. The summed E-state index contributed by atoms with van der Waals surface area (Å²) in [5.74, 6) is -7.95. The van der Waals surface area contributed by atoms with E-state index in [4.69, 9.17) is 5.73 Å². The first-order valence-corrected chi connectivity index (χ1v) is 5.71. The molecule has 0 spiro atoms. The highest BCUT2D eigenvalue weighted by molar-refractivity contribution is 5.92. The Labute approximate surface area is 115 Å². The van der Waals surface area contributed by atoms with Gasteiger partial charge in [-0.25, -0.2) is 27.3 Å². The van der Waals surface area contributed by atoms with Gasteiger partial charge in [0.2, 0.25) is 0 Å². The Kier molecular flexibility index (Phi) is 3.83. The molecule has 5 nitrogen and oxygen atoms in total. The summed E-state index contributed by atoms with van der Waals surface area (Å²) in [5.41, 5.74) is 4.01. The van der Waals surface area contributed by atoms with E-state index in [0.29, 0.717) is 4.57 Å². The van der Waals surface area contributed by atoms with Crippen LogP contribution in [0.5, 0.6) is 0 Å². The minimum Gasteiger partial charge on any atom is -0.461 e. The second kappa shape index (κ2) is 5.43. The van der Waals surface area contributed by atoms with Gasteiger partial charge in [-0.2, -0.15) is 0 Å². The fraction of sp³-hybridized carbons (Fsp3) is 0.167. The van der Waals surface area contributed by atoms with Crippen LogP contribution in [0.25, 0.3) is 5.69 Å². The Morgan fingerprint density at radius 1 is 1.29 bits per heavy atom. The summed E-state index contributed by atoms with van der Waals surface area (Å²) < 4.78 is 58.8. The molecule has 0 saturated heterocycles. The van der Waals surface area contributed by atoms with E-state index in [2.05, 4.69) is 9.72 Å². The molecule has 0 amide bonds. The van der Waals surface area contributed by atoms with Gasteiger partial charge in [-0.3, -0.25) is 4.57 Å². The van der Waals surface area contributed by atoms with E-state index in [1.54, 1.807) is 0 Å². The largest absolute Gasteiger partial charge is 0.461 e. The number of ether oxygens (including phenoxy) is 1. The maximum Gasteiger partial charge on any atom is 0.360 e. The predicted octanol–water partition coefficient (Wildman–Crippen LogP) is 2.19. The van der Waals surface area contributed by atoms with Crippen LogP contribution in [0.1, 0.15) is 17.4 Å². The van der Waals surface area contributed by atoms with E-state index in [1.807, 2.05) is 0 Å². The molecule has 1 aromatic heterocycles. The van der Waals surface area contributed by atoms with Crippen molar-refractivity contribution in [3.8, 4) is 5.69 Å². The molecule has 0 bridgehead atoms. The quantitative estimate of drug-likeness (QED) is 0.536. The number of rotatable bonds is 3. The molecule has 0 aliphatic carbocycles. The fourth-order valence-electron chi connectivity index (χ4n) is 1.66. The van der Waals surface area contributed by atoms with Crippen LogP contribution in [0.15, 0.2) is 12.4 Å². The average molecular weight is 303 g/mol. The van der Waals surface area contributed by atoms with Gasteiger partial charge in [-0.05, 0) is 6.92 Å². The number of benzene rings is 1. The van der Waals surface area contributed by atoms with Crippen LogP contribution in [-0.2, 0) is 4.74 Å². The van der Waals surface area contributed by atoms with Crippen LogP contribution < -0.4 is 5.73 Å².